The maximum absolute atomic E-state index is 12.5. The van der Waals surface area contributed by atoms with Gasteiger partial charge in [0.05, 0.1) is 12.1 Å². The number of carbonyl (C=O) groups excluding carboxylic acids is 2. The Morgan fingerprint density at radius 3 is 2.79 bits per heavy atom. The molecule has 0 radical (unpaired) electrons. The first-order valence-electron chi connectivity index (χ1n) is 8.69. The van der Waals surface area contributed by atoms with E-state index < -0.39 is 6.04 Å². The van der Waals surface area contributed by atoms with Crippen LogP contribution < -0.4 is 10.9 Å². The number of H-pyrrole nitrogens is 1. The summed E-state index contributed by atoms with van der Waals surface area (Å²) >= 11 is 1.32. The Bertz CT molecular complexity index is 1070. The lowest BCUT2D eigenvalue weighted by Gasteiger charge is -2.21. The van der Waals surface area contributed by atoms with Gasteiger partial charge < -0.3 is 15.2 Å². The molecule has 8 heteroatoms. The summed E-state index contributed by atoms with van der Waals surface area (Å²) in [4.78, 5) is 45.1. The molecule has 1 atom stereocenters. The van der Waals surface area contributed by atoms with Crippen LogP contribution in [0.5, 0.6) is 0 Å². The zero-order valence-electron chi connectivity index (χ0n) is 15.5. The van der Waals surface area contributed by atoms with Crippen LogP contribution in [0.2, 0.25) is 0 Å². The molecule has 0 fully saturated rings. The molecule has 1 aromatic carbocycles. The number of hydrogen-bond acceptors (Lipinski definition) is 5. The van der Waals surface area contributed by atoms with E-state index in [1.54, 1.807) is 31.5 Å². The van der Waals surface area contributed by atoms with Crippen molar-refractivity contribution in [1.29, 1.82) is 0 Å². The topological polar surface area (TPSA) is 95.2 Å². The Morgan fingerprint density at radius 1 is 1.29 bits per heavy atom. The molecule has 0 aliphatic heterocycles. The van der Waals surface area contributed by atoms with Crippen molar-refractivity contribution in [1.82, 2.24) is 20.2 Å². The Balaban J connectivity index is 1.59. The summed E-state index contributed by atoms with van der Waals surface area (Å²) in [5.41, 5.74) is 1.29. The van der Waals surface area contributed by atoms with Crippen LogP contribution in [0.1, 0.15) is 18.3 Å². The van der Waals surface area contributed by atoms with E-state index in [1.165, 1.54) is 22.3 Å². The molecule has 0 saturated carbocycles. The van der Waals surface area contributed by atoms with E-state index >= 15 is 0 Å². The quantitative estimate of drug-likeness (QED) is 0.624. The Kier molecular flexibility index (Phi) is 6.00. The molecule has 0 aliphatic rings. The first-order valence-corrected chi connectivity index (χ1v) is 9.57. The molecule has 144 valence electrons. The third-order valence-electron chi connectivity index (χ3n) is 4.08. The van der Waals surface area contributed by atoms with Gasteiger partial charge in [-0.25, -0.2) is 4.98 Å². The number of amides is 2. The van der Waals surface area contributed by atoms with Crippen LogP contribution in [0.15, 0.2) is 52.6 Å². The molecule has 3 rings (SSSR count). The molecule has 0 bridgehead atoms. The average Bonchev–Trinajstić information content (AvgIpc) is 3.15. The van der Waals surface area contributed by atoms with Gasteiger partial charge in [-0.15, -0.1) is 11.3 Å². The van der Waals surface area contributed by atoms with Crippen molar-refractivity contribution in [3.05, 3.63) is 69.6 Å². The predicted molar refractivity (Wildman–Crippen MR) is 110 cm³/mol. The SMILES string of the molecule is CC(NC(=O)/C=C/c1ccccc1)C(=O)N(C)Cc1nc2ccsc2c(=O)[nH]1. The number of hydrogen-bond donors (Lipinski definition) is 2. The van der Waals surface area contributed by atoms with Crippen molar-refractivity contribution in [2.45, 2.75) is 19.5 Å². The number of aromatic nitrogens is 2. The lowest BCUT2D eigenvalue weighted by molar-refractivity contribution is -0.134. The third kappa shape index (κ3) is 4.72. The summed E-state index contributed by atoms with van der Waals surface area (Å²) in [6.07, 6.45) is 3.07. The van der Waals surface area contributed by atoms with Gasteiger partial charge in [0.15, 0.2) is 0 Å². The summed E-state index contributed by atoms with van der Waals surface area (Å²) in [6.45, 7) is 1.76. The van der Waals surface area contributed by atoms with Gasteiger partial charge in [-0.3, -0.25) is 14.4 Å². The van der Waals surface area contributed by atoms with Gasteiger partial charge >= 0.3 is 0 Å². The van der Waals surface area contributed by atoms with E-state index in [0.717, 1.165) is 5.56 Å². The number of rotatable bonds is 6. The fourth-order valence-electron chi connectivity index (χ4n) is 2.69. The Labute approximate surface area is 165 Å². The second-order valence-corrected chi connectivity index (χ2v) is 7.23. The molecule has 3 aromatic rings. The van der Waals surface area contributed by atoms with Gasteiger partial charge in [0, 0.05) is 13.1 Å². The number of aromatic amines is 1. The molecule has 7 nitrogen and oxygen atoms in total. The number of fused-ring (bicyclic) bond motifs is 1. The van der Waals surface area contributed by atoms with Crippen LogP contribution >= 0.6 is 11.3 Å². The van der Waals surface area contributed by atoms with Crippen LogP contribution in [0.4, 0.5) is 0 Å². The van der Waals surface area contributed by atoms with E-state index in [1.807, 2.05) is 30.3 Å². The zero-order chi connectivity index (χ0) is 20.1. The summed E-state index contributed by atoms with van der Waals surface area (Å²) in [7, 11) is 1.60. The smallest absolute Gasteiger partial charge is 0.268 e. The van der Waals surface area contributed by atoms with Crippen LogP contribution in [-0.4, -0.2) is 39.8 Å². The van der Waals surface area contributed by atoms with Gasteiger partial charge in [-0.05, 0) is 30.0 Å². The second-order valence-electron chi connectivity index (χ2n) is 6.32. The summed E-state index contributed by atoms with van der Waals surface area (Å²) in [5, 5.41) is 4.44. The van der Waals surface area contributed by atoms with Crippen molar-refractivity contribution < 1.29 is 9.59 Å². The maximum atomic E-state index is 12.5. The van der Waals surface area contributed by atoms with Gasteiger partial charge in [0.1, 0.15) is 16.6 Å². The Hall–Kier alpha value is -3.26. The van der Waals surface area contributed by atoms with E-state index in [-0.39, 0.29) is 23.9 Å². The number of carbonyl (C=O) groups is 2. The van der Waals surface area contributed by atoms with E-state index in [0.29, 0.717) is 16.0 Å². The van der Waals surface area contributed by atoms with Gasteiger partial charge in [-0.2, -0.15) is 0 Å². The van der Waals surface area contributed by atoms with Crippen molar-refractivity contribution >= 4 is 39.4 Å². The molecule has 1 unspecified atom stereocenters. The van der Waals surface area contributed by atoms with Crippen molar-refractivity contribution in [3.8, 4) is 0 Å². The monoisotopic (exact) mass is 396 g/mol. The molecule has 0 aliphatic carbocycles. The number of nitrogens with zero attached hydrogens (tertiary/aromatic N) is 2. The average molecular weight is 396 g/mol. The number of benzene rings is 1. The van der Waals surface area contributed by atoms with Crippen LogP contribution in [-0.2, 0) is 16.1 Å². The van der Waals surface area contributed by atoms with E-state index in [2.05, 4.69) is 15.3 Å². The van der Waals surface area contributed by atoms with Crippen LogP contribution in [0.3, 0.4) is 0 Å². The molecule has 28 heavy (non-hydrogen) atoms. The molecule has 2 amide bonds. The first kappa shape index (κ1) is 19.5. The Morgan fingerprint density at radius 2 is 2.04 bits per heavy atom. The predicted octanol–water partition coefficient (Wildman–Crippen LogP) is 2.16. The number of thiophene rings is 1. The summed E-state index contributed by atoms with van der Waals surface area (Å²) < 4.78 is 0.559. The minimum Gasteiger partial charge on any atom is -0.341 e. The second kappa shape index (κ2) is 8.62. The van der Waals surface area contributed by atoms with Crippen molar-refractivity contribution in [2.24, 2.45) is 0 Å². The van der Waals surface area contributed by atoms with Gasteiger partial charge in [0.2, 0.25) is 11.8 Å². The largest absolute Gasteiger partial charge is 0.341 e. The summed E-state index contributed by atoms with van der Waals surface area (Å²) in [5.74, 6) is -0.242. The highest BCUT2D eigenvalue weighted by Crippen LogP contribution is 2.14. The highest BCUT2D eigenvalue weighted by Gasteiger charge is 2.19. The normalized spacial score (nSPS) is 12.2. The molecular formula is C20H20N4O3S. The third-order valence-corrected chi connectivity index (χ3v) is 4.99. The lowest BCUT2D eigenvalue weighted by atomic mass is 10.2. The number of likely N-dealkylation sites (N-methyl/N-ethyl adjacent to an activating group) is 1. The standard InChI is InChI=1S/C20H20N4O3S/c1-13(21-17(25)9-8-14-6-4-3-5-7-14)20(27)24(2)12-16-22-15-10-11-28-18(15)19(26)23-16/h3-11,13H,12H2,1-2H3,(H,21,25)(H,22,23,26)/b9-8+. The molecule has 2 heterocycles. The summed E-state index contributed by atoms with van der Waals surface area (Å²) in [6, 6.07) is 10.5. The fourth-order valence-corrected chi connectivity index (χ4v) is 3.41. The molecule has 0 saturated heterocycles. The molecule has 2 aromatic heterocycles. The highest BCUT2D eigenvalue weighted by atomic mass is 32.1. The molecular weight excluding hydrogens is 376 g/mol. The zero-order valence-corrected chi connectivity index (χ0v) is 16.3. The minimum atomic E-state index is -0.713. The molecule has 0 spiro atoms. The maximum Gasteiger partial charge on any atom is 0.268 e. The first-order chi connectivity index (χ1) is 13.4. The van der Waals surface area contributed by atoms with Crippen molar-refractivity contribution in [3.63, 3.8) is 0 Å². The van der Waals surface area contributed by atoms with Gasteiger partial charge in [-0.1, -0.05) is 30.3 Å². The number of nitrogens with one attached hydrogen (secondary N) is 2. The minimum absolute atomic E-state index is 0.139. The fraction of sp³-hybridized carbons (Fsp3) is 0.200. The highest BCUT2D eigenvalue weighted by molar-refractivity contribution is 7.17. The van der Waals surface area contributed by atoms with E-state index in [4.69, 9.17) is 0 Å². The van der Waals surface area contributed by atoms with Crippen LogP contribution in [0, 0.1) is 0 Å². The molecule has 2 N–H and O–H groups in total. The lowest BCUT2D eigenvalue weighted by Crippen LogP contribution is -2.45. The van der Waals surface area contributed by atoms with Gasteiger partial charge in [0.25, 0.3) is 5.56 Å². The van der Waals surface area contributed by atoms with Crippen molar-refractivity contribution in [2.75, 3.05) is 7.05 Å². The van der Waals surface area contributed by atoms with E-state index in [9.17, 15) is 14.4 Å². The van der Waals surface area contributed by atoms with Crippen LogP contribution in [0.25, 0.3) is 16.3 Å².